The van der Waals surface area contributed by atoms with E-state index in [1.165, 1.54) is 77.0 Å². The number of carbonyl (C=O) groups is 2. The van der Waals surface area contributed by atoms with Crippen LogP contribution >= 0.6 is 0 Å². The number of unbranched alkanes of at least 4 members (excludes halogenated alkanes) is 23. The number of hydrogen-bond acceptors (Lipinski definition) is 10. The number of rotatable bonds is 46. The zero-order chi connectivity index (χ0) is 50.3. The topological polar surface area (TPSA) is 175 Å². The number of nitrogens with one attached hydrogen (secondary N) is 1. The lowest BCUT2D eigenvalue weighted by atomic mass is 9.99. The first-order valence-corrected chi connectivity index (χ1v) is 27.7. The molecule has 11 heteroatoms. The van der Waals surface area contributed by atoms with Crippen molar-refractivity contribution in [3.8, 4) is 0 Å². The Kier molecular flexibility index (Phi) is 44.1. The maximum Gasteiger partial charge on any atom is 0.305 e. The molecule has 1 fully saturated rings. The number of allylic oxidation sites excluding steroid dienone is 11. The normalized spacial score (nSPS) is 19.9. The van der Waals surface area contributed by atoms with Crippen LogP contribution in [0.15, 0.2) is 72.9 Å². The molecule has 0 aromatic carbocycles. The van der Waals surface area contributed by atoms with Gasteiger partial charge in [-0.25, -0.2) is 0 Å². The van der Waals surface area contributed by atoms with Crippen molar-refractivity contribution in [2.24, 2.45) is 0 Å². The van der Waals surface area contributed by atoms with E-state index in [0.717, 1.165) is 116 Å². The van der Waals surface area contributed by atoms with Crippen LogP contribution in [0.4, 0.5) is 0 Å². The van der Waals surface area contributed by atoms with Crippen LogP contribution in [0.1, 0.15) is 219 Å². The van der Waals surface area contributed by atoms with Gasteiger partial charge in [0.25, 0.3) is 0 Å². The van der Waals surface area contributed by atoms with Crippen molar-refractivity contribution in [1.29, 1.82) is 0 Å². The number of carbonyl (C=O) groups excluding carboxylic acids is 2. The lowest BCUT2D eigenvalue weighted by molar-refractivity contribution is -0.302. The summed E-state index contributed by atoms with van der Waals surface area (Å²) in [6, 6.07) is -0.846. The molecule has 0 aromatic heterocycles. The summed E-state index contributed by atoms with van der Waals surface area (Å²) < 4.78 is 16.6. The molecule has 69 heavy (non-hydrogen) atoms. The van der Waals surface area contributed by atoms with Gasteiger partial charge in [0, 0.05) is 12.8 Å². The molecule has 398 valence electrons. The van der Waals surface area contributed by atoms with Gasteiger partial charge in [-0.1, -0.05) is 177 Å². The predicted molar refractivity (Wildman–Crippen MR) is 283 cm³/mol. The smallest absolute Gasteiger partial charge is 0.305 e. The van der Waals surface area contributed by atoms with Gasteiger partial charge < -0.3 is 45.1 Å². The van der Waals surface area contributed by atoms with Gasteiger partial charge in [0.15, 0.2) is 6.29 Å². The van der Waals surface area contributed by atoms with Crippen LogP contribution in [0.3, 0.4) is 0 Å². The van der Waals surface area contributed by atoms with Gasteiger partial charge in [-0.3, -0.25) is 9.59 Å². The Balaban J connectivity index is 2.20. The molecule has 0 aromatic rings. The highest BCUT2D eigenvalue weighted by Gasteiger charge is 2.44. The number of hydrogen-bond donors (Lipinski definition) is 6. The molecule has 1 aliphatic heterocycles. The molecule has 11 nitrogen and oxygen atoms in total. The average molecular weight is 972 g/mol. The molecular weight excluding hydrogens is 871 g/mol. The van der Waals surface area contributed by atoms with E-state index in [9.17, 15) is 35.1 Å². The van der Waals surface area contributed by atoms with E-state index in [-0.39, 0.29) is 18.5 Å². The van der Waals surface area contributed by atoms with Gasteiger partial charge >= 0.3 is 5.97 Å². The van der Waals surface area contributed by atoms with Crippen molar-refractivity contribution in [2.45, 2.75) is 262 Å². The van der Waals surface area contributed by atoms with E-state index in [4.69, 9.17) is 14.2 Å². The molecule has 0 radical (unpaired) electrons. The number of aliphatic hydroxyl groups excluding tert-OH is 5. The van der Waals surface area contributed by atoms with E-state index in [2.05, 4.69) is 79.9 Å². The molecule has 0 bridgehead atoms. The van der Waals surface area contributed by atoms with Crippen LogP contribution < -0.4 is 5.32 Å². The minimum atomic E-state index is -1.59. The molecule has 1 amide bonds. The Labute approximate surface area is 420 Å². The van der Waals surface area contributed by atoms with Crippen LogP contribution in [0.2, 0.25) is 0 Å². The first-order chi connectivity index (χ1) is 33.7. The van der Waals surface area contributed by atoms with Crippen LogP contribution in [-0.4, -0.2) is 100 Å². The van der Waals surface area contributed by atoms with Crippen LogP contribution in [0.25, 0.3) is 0 Å². The number of ether oxygens (including phenoxy) is 3. The third kappa shape index (κ3) is 37.5. The fourth-order valence-electron chi connectivity index (χ4n) is 8.06. The Bertz CT molecular complexity index is 1380. The number of esters is 1. The van der Waals surface area contributed by atoms with Crippen LogP contribution in [0.5, 0.6) is 0 Å². The zero-order valence-corrected chi connectivity index (χ0v) is 43.5. The highest BCUT2D eigenvalue weighted by atomic mass is 16.7. The van der Waals surface area contributed by atoms with Gasteiger partial charge in [0.1, 0.15) is 24.4 Å². The Morgan fingerprint density at radius 1 is 0.551 bits per heavy atom. The molecule has 1 rings (SSSR count). The minimum Gasteiger partial charge on any atom is -0.466 e. The van der Waals surface area contributed by atoms with Gasteiger partial charge in [-0.15, -0.1) is 0 Å². The van der Waals surface area contributed by atoms with Gasteiger partial charge in [0.05, 0.1) is 32.0 Å². The van der Waals surface area contributed by atoms with Crippen molar-refractivity contribution in [1.82, 2.24) is 5.32 Å². The van der Waals surface area contributed by atoms with E-state index in [1.807, 2.05) is 6.08 Å². The molecule has 0 spiro atoms. The molecule has 7 atom stereocenters. The second kappa shape index (κ2) is 47.4. The summed E-state index contributed by atoms with van der Waals surface area (Å²) in [5, 5.41) is 54.3. The largest absolute Gasteiger partial charge is 0.466 e. The standard InChI is InChI=1S/C58H101NO10/c1-3-5-7-9-11-13-15-20-24-28-32-36-40-44-51(61)50(49-68-58-57(66)56(65)55(64)52(48-60)69-58)59-53(62)45-41-37-33-29-25-22-18-17-19-23-27-31-35-39-43-47-67-54(63)46-42-38-34-30-26-21-16-14-12-10-8-6-4-2/h8,10,14,16-17,19,23-24,27-28,40,44,50-52,55-58,60-61,64-66H,3-7,9,11-13,15,18,20-22,25-26,29-39,41-43,45-49H2,1-2H3,(H,59,62)/b10-8-,16-14-,19-17-,27-23-,28-24+,44-40+. The fourth-order valence-corrected chi connectivity index (χ4v) is 8.06. The van der Waals surface area contributed by atoms with E-state index in [1.54, 1.807) is 6.08 Å². The predicted octanol–water partition coefficient (Wildman–Crippen LogP) is 12.1. The monoisotopic (exact) mass is 972 g/mol. The summed E-state index contributed by atoms with van der Waals surface area (Å²) >= 11 is 0. The first-order valence-electron chi connectivity index (χ1n) is 27.7. The number of aliphatic hydroxyl groups is 5. The second-order valence-electron chi connectivity index (χ2n) is 18.9. The maximum absolute atomic E-state index is 13.0. The maximum atomic E-state index is 13.0. The molecule has 1 saturated heterocycles. The summed E-state index contributed by atoms with van der Waals surface area (Å²) in [5.41, 5.74) is 0. The Hall–Kier alpha value is -2.90. The number of amides is 1. The quantitative estimate of drug-likeness (QED) is 0.0149. The molecular formula is C58H101NO10. The Morgan fingerprint density at radius 2 is 1.06 bits per heavy atom. The SMILES string of the molecule is CCC/C=C\C/C=C\CCCCCCCC(=O)OCCCCC/C=C\C=C/CCCCCCCCC(=O)NC(COC1OC(CO)C(O)C(O)C1O)C(O)/C=C/CC/C=C/CCCCCCCCC. The lowest BCUT2D eigenvalue weighted by Crippen LogP contribution is -2.60. The summed E-state index contributed by atoms with van der Waals surface area (Å²) in [6.07, 6.45) is 51.2. The van der Waals surface area contributed by atoms with E-state index >= 15 is 0 Å². The van der Waals surface area contributed by atoms with Crippen LogP contribution in [0, 0.1) is 0 Å². The molecule has 6 N–H and O–H groups in total. The zero-order valence-electron chi connectivity index (χ0n) is 43.5. The molecule has 1 aliphatic rings. The van der Waals surface area contributed by atoms with E-state index < -0.39 is 49.5 Å². The van der Waals surface area contributed by atoms with Crippen molar-refractivity contribution >= 4 is 11.9 Å². The third-order valence-corrected chi connectivity index (χ3v) is 12.5. The van der Waals surface area contributed by atoms with Gasteiger partial charge in [0.2, 0.25) is 5.91 Å². The van der Waals surface area contributed by atoms with Crippen molar-refractivity contribution in [3.05, 3.63) is 72.9 Å². The van der Waals surface area contributed by atoms with Gasteiger partial charge in [-0.05, 0) is 103 Å². The lowest BCUT2D eigenvalue weighted by Gasteiger charge is -2.40. The first kappa shape index (κ1) is 64.1. The molecule has 0 saturated carbocycles. The van der Waals surface area contributed by atoms with Crippen molar-refractivity contribution in [3.63, 3.8) is 0 Å². The minimum absolute atomic E-state index is 0.0585. The summed E-state index contributed by atoms with van der Waals surface area (Å²) in [4.78, 5) is 25.0. The summed E-state index contributed by atoms with van der Waals surface area (Å²) in [5.74, 6) is -0.276. The second-order valence-corrected chi connectivity index (χ2v) is 18.9. The third-order valence-electron chi connectivity index (χ3n) is 12.5. The average Bonchev–Trinajstić information content (AvgIpc) is 3.34. The highest BCUT2D eigenvalue weighted by molar-refractivity contribution is 5.76. The Morgan fingerprint density at radius 3 is 1.67 bits per heavy atom. The summed E-state index contributed by atoms with van der Waals surface area (Å²) in [6.45, 7) is 4.15. The molecule has 1 heterocycles. The highest BCUT2D eigenvalue weighted by Crippen LogP contribution is 2.23. The van der Waals surface area contributed by atoms with Crippen molar-refractivity contribution < 1.29 is 49.3 Å². The van der Waals surface area contributed by atoms with E-state index in [0.29, 0.717) is 19.4 Å². The fraction of sp³-hybridized carbons (Fsp3) is 0.759. The van der Waals surface area contributed by atoms with Crippen molar-refractivity contribution in [2.75, 3.05) is 19.8 Å². The van der Waals surface area contributed by atoms with Crippen LogP contribution in [-0.2, 0) is 23.8 Å². The molecule has 7 unspecified atom stereocenters. The molecule has 0 aliphatic carbocycles. The summed E-state index contributed by atoms with van der Waals surface area (Å²) in [7, 11) is 0. The van der Waals surface area contributed by atoms with Gasteiger partial charge in [-0.2, -0.15) is 0 Å².